The van der Waals surface area contributed by atoms with Gasteiger partial charge in [-0.1, -0.05) is 103 Å². The molecule has 0 radical (unpaired) electrons. The van der Waals surface area contributed by atoms with Gasteiger partial charge in [0.05, 0.1) is 0 Å². The zero-order valence-corrected chi connectivity index (χ0v) is 25.5. The maximum absolute atomic E-state index is 12.4. The molecule has 0 rings (SSSR count). The number of carbonyl (C=O) groups is 3. The molecule has 6 nitrogen and oxygen atoms in total. The number of allylic oxidation sites excluding steroid dienone is 2. The van der Waals surface area contributed by atoms with Crippen molar-refractivity contribution in [3.63, 3.8) is 0 Å². The summed E-state index contributed by atoms with van der Waals surface area (Å²) < 4.78 is 5.82. The molecule has 39 heavy (non-hydrogen) atoms. The van der Waals surface area contributed by atoms with E-state index in [9.17, 15) is 14.4 Å². The van der Waals surface area contributed by atoms with Crippen LogP contribution in [0.1, 0.15) is 168 Å². The summed E-state index contributed by atoms with van der Waals surface area (Å²) in [5.74, 6) is -1.33. The quantitative estimate of drug-likeness (QED) is 0.0549. The first-order valence-electron chi connectivity index (χ1n) is 16.3. The Morgan fingerprint density at radius 1 is 0.641 bits per heavy atom. The lowest BCUT2D eigenvalue weighted by Gasteiger charge is -2.18. The minimum absolute atomic E-state index is 0.0299. The molecule has 0 aliphatic carbocycles. The van der Waals surface area contributed by atoms with Gasteiger partial charge < -0.3 is 15.2 Å². The summed E-state index contributed by atoms with van der Waals surface area (Å²) in [6.45, 7) is 4.11. The molecular weight excluding hydrogens is 490 g/mol. The van der Waals surface area contributed by atoms with Crippen molar-refractivity contribution in [2.45, 2.75) is 174 Å². The second-order valence-corrected chi connectivity index (χ2v) is 11.1. The highest BCUT2D eigenvalue weighted by Gasteiger charge is 2.14. The Morgan fingerprint density at radius 3 is 1.69 bits per heavy atom. The molecule has 1 unspecified atom stereocenters. The lowest BCUT2D eigenvalue weighted by molar-refractivity contribution is -0.150. The number of amides is 1. The normalized spacial score (nSPS) is 12.1. The molecule has 0 saturated carbocycles. The van der Waals surface area contributed by atoms with Gasteiger partial charge in [0.2, 0.25) is 5.91 Å². The first kappa shape index (κ1) is 37.1. The van der Waals surface area contributed by atoms with Crippen molar-refractivity contribution < 1.29 is 24.2 Å². The third-order valence-electron chi connectivity index (χ3n) is 7.19. The predicted octanol–water partition coefficient (Wildman–Crippen LogP) is 9.06. The maximum atomic E-state index is 12.4. The molecule has 0 aliphatic heterocycles. The van der Waals surface area contributed by atoms with Gasteiger partial charge in [-0.25, -0.2) is 0 Å². The molecule has 0 aliphatic rings. The summed E-state index contributed by atoms with van der Waals surface area (Å²) in [6, 6.07) is 0. The summed E-state index contributed by atoms with van der Waals surface area (Å²) in [7, 11) is 0. The second kappa shape index (κ2) is 29.1. The van der Waals surface area contributed by atoms with E-state index in [2.05, 4.69) is 31.3 Å². The van der Waals surface area contributed by atoms with E-state index in [0.29, 0.717) is 12.8 Å². The van der Waals surface area contributed by atoms with E-state index in [1.165, 1.54) is 77.0 Å². The molecule has 0 heterocycles. The molecule has 1 atom stereocenters. The number of rotatable bonds is 29. The molecular formula is C33H61NO5. The Hall–Kier alpha value is -1.85. The maximum Gasteiger partial charge on any atom is 0.322 e. The first-order valence-corrected chi connectivity index (χ1v) is 16.3. The average Bonchev–Trinajstić information content (AvgIpc) is 2.91. The van der Waals surface area contributed by atoms with Crippen LogP contribution in [0.2, 0.25) is 0 Å². The minimum atomic E-state index is -1.03. The van der Waals surface area contributed by atoms with E-state index in [1.54, 1.807) is 0 Å². The highest BCUT2D eigenvalue weighted by molar-refractivity contribution is 5.80. The summed E-state index contributed by atoms with van der Waals surface area (Å²) in [6.07, 6.45) is 30.7. The Labute approximate surface area is 240 Å². The third-order valence-corrected chi connectivity index (χ3v) is 7.19. The highest BCUT2D eigenvalue weighted by Crippen LogP contribution is 2.17. The van der Waals surface area contributed by atoms with Crippen LogP contribution in [-0.2, 0) is 19.1 Å². The van der Waals surface area contributed by atoms with E-state index in [1.807, 2.05) is 0 Å². The standard InChI is InChI=1S/C33H61NO5/c1-3-5-7-8-9-10-11-12-13-14-15-16-17-18-19-24-28-33(38)39-30(25-21-6-4-2)26-22-20-23-27-31(35)34-29-32(36)37/h13-14,30H,3-12,15-29H2,1-2H3,(H,34,35)(H,36,37)/b14-13-. The lowest BCUT2D eigenvalue weighted by atomic mass is 10.0. The third kappa shape index (κ3) is 29.0. The van der Waals surface area contributed by atoms with Crippen molar-refractivity contribution in [1.82, 2.24) is 5.32 Å². The van der Waals surface area contributed by atoms with E-state index in [-0.39, 0.29) is 24.5 Å². The smallest absolute Gasteiger partial charge is 0.322 e. The SMILES string of the molecule is CCCCCCCCC/C=C\CCCCCCCC(=O)OC(CCCCC)CCCCCC(=O)NCC(=O)O. The van der Waals surface area contributed by atoms with Crippen molar-refractivity contribution in [1.29, 1.82) is 0 Å². The molecule has 6 heteroatoms. The van der Waals surface area contributed by atoms with Gasteiger partial charge in [0.25, 0.3) is 0 Å². The molecule has 2 N–H and O–H groups in total. The van der Waals surface area contributed by atoms with Gasteiger partial charge in [0.1, 0.15) is 12.6 Å². The molecule has 0 saturated heterocycles. The van der Waals surface area contributed by atoms with Gasteiger partial charge in [0.15, 0.2) is 0 Å². The number of aliphatic carboxylic acids is 1. The summed E-state index contributed by atoms with van der Waals surface area (Å²) in [5.41, 5.74) is 0. The zero-order chi connectivity index (χ0) is 28.8. The van der Waals surface area contributed by atoms with Crippen molar-refractivity contribution in [2.75, 3.05) is 6.54 Å². The van der Waals surface area contributed by atoms with Gasteiger partial charge in [-0.05, 0) is 64.2 Å². The number of hydrogen-bond donors (Lipinski definition) is 2. The zero-order valence-electron chi connectivity index (χ0n) is 25.5. The van der Waals surface area contributed by atoms with Crippen LogP contribution in [0, 0.1) is 0 Å². The van der Waals surface area contributed by atoms with Crippen molar-refractivity contribution >= 4 is 17.8 Å². The monoisotopic (exact) mass is 551 g/mol. The van der Waals surface area contributed by atoms with Crippen LogP contribution in [0.25, 0.3) is 0 Å². The first-order chi connectivity index (χ1) is 19.0. The van der Waals surface area contributed by atoms with Crippen LogP contribution in [0.5, 0.6) is 0 Å². The van der Waals surface area contributed by atoms with Gasteiger partial charge in [0, 0.05) is 12.8 Å². The number of carboxylic acid groups (broad SMARTS) is 1. The largest absolute Gasteiger partial charge is 0.480 e. The predicted molar refractivity (Wildman–Crippen MR) is 162 cm³/mol. The average molecular weight is 552 g/mol. The topological polar surface area (TPSA) is 92.7 Å². The number of unbranched alkanes of at least 4 members (excludes halogenated alkanes) is 16. The Bertz CT molecular complexity index is 619. The number of ether oxygens (including phenoxy) is 1. The fraction of sp³-hybridized carbons (Fsp3) is 0.848. The number of nitrogens with one attached hydrogen (secondary N) is 1. The molecule has 0 aromatic heterocycles. The van der Waals surface area contributed by atoms with Crippen LogP contribution in [0.4, 0.5) is 0 Å². The van der Waals surface area contributed by atoms with E-state index in [0.717, 1.165) is 64.2 Å². The molecule has 0 bridgehead atoms. The van der Waals surface area contributed by atoms with Crippen LogP contribution in [-0.4, -0.2) is 35.6 Å². The fourth-order valence-corrected chi connectivity index (χ4v) is 4.74. The van der Waals surface area contributed by atoms with Gasteiger partial charge in [-0.15, -0.1) is 0 Å². The number of hydrogen-bond acceptors (Lipinski definition) is 4. The summed E-state index contributed by atoms with van der Waals surface area (Å²) in [5, 5.41) is 11.0. The molecule has 1 amide bonds. The number of carbonyl (C=O) groups excluding carboxylic acids is 2. The van der Waals surface area contributed by atoms with E-state index >= 15 is 0 Å². The summed E-state index contributed by atoms with van der Waals surface area (Å²) >= 11 is 0. The van der Waals surface area contributed by atoms with Crippen molar-refractivity contribution in [3.05, 3.63) is 12.2 Å². The van der Waals surface area contributed by atoms with E-state index in [4.69, 9.17) is 9.84 Å². The summed E-state index contributed by atoms with van der Waals surface area (Å²) in [4.78, 5) is 34.5. The van der Waals surface area contributed by atoms with Crippen molar-refractivity contribution in [2.24, 2.45) is 0 Å². The molecule has 0 aromatic carbocycles. The van der Waals surface area contributed by atoms with Crippen molar-refractivity contribution in [3.8, 4) is 0 Å². The van der Waals surface area contributed by atoms with Crippen LogP contribution in [0.15, 0.2) is 12.2 Å². The Balaban J connectivity index is 3.82. The van der Waals surface area contributed by atoms with Gasteiger partial charge in [-0.3, -0.25) is 14.4 Å². The fourth-order valence-electron chi connectivity index (χ4n) is 4.74. The van der Waals surface area contributed by atoms with Crippen LogP contribution < -0.4 is 5.32 Å². The van der Waals surface area contributed by atoms with Crippen LogP contribution >= 0.6 is 0 Å². The molecule has 228 valence electrons. The van der Waals surface area contributed by atoms with Crippen LogP contribution in [0.3, 0.4) is 0 Å². The van der Waals surface area contributed by atoms with Gasteiger partial charge in [-0.2, -0.15) is 0 Å². The number of carboxylic acids is 1. The molecule has 0 spiro atoms. The molecule has 0 aromatic rings. The molecule has 0 fully saturated rings. The Morgan fingerprint density at radius 2 is 1.10 bits per heavy atom. The Kier molecular flexibility index (Phi) is 27.8. The second-order valence-electron chi connectivity index (χ2n) is 11.1. The van der Waals surface area contributed by atoms with Gasteiger partial charge >= 0.3 is 11.9 Å². The van der Waals surface area contributed by atoms with E-state index < -0.39 is 5.97 Å². The highest BCUT2D eigenvalue weighted by atomic mass is 16.5. The minimum Gasteiger partial charge on any atom is -0.480 e. The number of esters is 1. The lowest BCUT2D eigenvalue weighted by Crippen LogP contribution is -2.28.